The molecule has 3 aromatic rings. The van der Waals surface area contributed by atoms with Gasteiger partial charge in [0.25, 0.3) is 11.8 Å². The van der Waals surface area contributed by atoms with Crippen molar-refractivity contribution in [2.45, 2.75) is 26.8 Å². The molecule has 0 spiro atoms. The van der Waals surface area contributed by atoms with Gasteiger partial charge in [0.15, 0.2) is 0 Å². The Hall–Kier alpha value is -3.61. The number of carbonyl (C=O) groups excluding carboxylic acids is 2. The summed E-state index contributed by atoms with van der Waals surface area (Å²) in [5.41, 5.74) is 3.22. The van der Waals surface area contributed by atoms with E-state index in [1.165, 1.54) is 0 Å². The van der Waals surface area contributed by atoms with Crippen molar-refractivity contribution in [3.63, 3.8) is 0 Å². The zero-order valence-corrected chi connectivity index (χ0v) is 19.2. The van der Waals surface area contributed by atoms with Crippen LogP contribution >= 0.6 is 0 Å². The van der Waals surface area contributed by atoms with Crippen molar-refractivity contribution in [3.05, 3.63) is 72.2 Å². The van der Waals surface area contributed by atoms with E-state index in [9.17, 15) is 9.59 Å². The molecule has 7 heteroatoms. The third kappa shape index (κ3) is 5.42. The quantitative estimate of drug-likeness (QED) is 0.507. The Morgan fingerprint density at radius 1 is 1.06 bits per heavy atom. The van der Waals surface area contributed by atoms with Crippen molar-refractivity contribution in [2.75, 3.05) is 26.2 Å². The molecule has 7 nitrogen and oxygen atoms in total. The normalized spacial score (nSPS) is 13.2. The summed E-state index contributed by atoms with van der Waals surface area (Å²) in [4.78, 5) is 30.9. The predicted molar refractivity (Wildman–Crippen MR) is 127 cm³/mol. The molecule has 0 aliphatic carbocycles. The number of hydrogen-bond acceptors (Lipinski definition) is 4. The summed E-state index contributed by atoms with van der Waals surface area (Å²) in [7, 11) is 0. The monoisotopic (exact) mass is 446 g/mol. The Balaban J connectivity index is 1.31. The molecule has 0 radical (unpaired) electrons. The number of nitrogens with zero attached hydrogens (tertiary/aromatic N) is 3. The molecule has 3 heterocycles. The van der Waals surface area contributed by atoms with E-state index >= 15 is 0 Å². The van der Waals surface area contributed by atoms with E-state index in [2.05, 4.69) is 28.7 Å². The Bertz CT molecular complexity index is 1090. The third-order valence-electron chi connectivity index (χ3n) is 5.76. The molecule has 1 aliphatic heterocycles. The number of fused-ring (bicyclic) bond motifs is 1. The number of rotatable bonds is 9. The van der Waals surface area contributed by atoms with Crippen LogP contribution in [0.15, 0.2) is 60.8 Å². The maximum absolute atomic E-state index is 12.9. The molecule has 0 bridgehead atoms. The van der Waals surface area contributed by atoms with Crippen LogP contribution in [-0.2, 0) is 6.54 Å². The molecule has 0 unspecified atom stereocenters. The molecule has 0 atom stereocenters. The van der Waals surface area contributed by atoms with Crippen LogP contribution in [0.25, 0.3) is 11.3 Å². The molecule has 0 fully saturated rings. The Morgan fingerprint density at radius 2 is 1.85 bits per heavy atom. The maximum atomic E-state index is 12.9. The molecule has 0 saturated carbocycles. The highest BCUT2D eigenvalue weighted by Crippen LogP contribution is 2.27. The highest BCUT2D eigenvalue weighted by Gasteiger charge is 2.26. The first-order valence-corrected chi connectivity index (χ1v) is 11.4. The minimum atomic E-state index is -0.218. The molecule has 2 amide bonds. The summed E-state index contributed by atoms with van der Waals surface area (Å²) in [6.07, 6.45) is 2.61. The minimum absolute atomic E-state index is 0.112. The van der Waals surface area contributed by atoms with Gasteiger partial charge in [-0.2, -0.15) is 0 Å². The molecule has 1 aliphatic rings. The van der Waals surface area contributed by atoms with Gasteiger partial charge in [0.1, 0.15) is 23.7 Å². The van der Waals surface area contributed by atoms with Crippen LogP contribution in [0.2, 0.25) is 0 Å². The van der Waals surface area contributed by atoms with Crippen molar-refractivity contribution in [2.24, 2.45) is 5.92 Å². The number of nitrogens with one attached hydrogen (secondary N) is 1. The second kappa shape index (κ2) is 10.3. The van der Waals surface area contributed by atoms with Gasteiger partial charge in [-0.15, -0.1) is 0 Å². The summed E-state index contributed by atoms with van der Waals surface area (Å²) in [6.45, 7) is 7.46. The van der Waals surface area contributed by atoms with Gasteiger partial charge in [-0.05, 0) is 66.4 Å². The fourth-order valence-electron chi connectivity index (χ4n) is 3.90. The topological polar surface area (TPSA) is 76.5 Å². The number of hydrogen-bond donors (Lipinski definition) is 1. The van der Waals surface area contributed by atoms with E-state index in [4.69, 9.17) is 4.74 Å². The number of amides is 2. The van der Waals surface area contributed by atoms with Crippen molar-refractivity contribution in [1.29, 1.82) is 0 Å². The van der Waals surface area contributed by atoms with Crippen LogP contribution in [0.1, 0.15) is 41.2 Å². The molecule has 2 aromatic heterocycles. The van der Waals surface area contributed by atoms with E-state index < -0.39 is 0 Å². The molecule has 1 N–H and O–H groups in total. The number of carbonyl (C=O) groups is 2. The summed E-state index contributed by atoms with van der Waals surface area (Å²) >= 11 is 0. The number of pyridine rings is 1. The van der Waals surface area contributed by atoms with Crippen LogP contribution in [0.3, 0.4) is 0 Å². The molecular formula is C26H30N4O3. The first-order chi connectivity index (χ1) is 16.0. The lowest BCUT2D eigenvalue weighted by Crippen LogP contribution is -2.41. The number of aromatic nitrogens is 2. The van der Waals surface area contributed by atoms with E-state index in [1.807, 2.05) is 41.3 Å². The lowest BCUT2D eigenvalue weighted by atomic mass is 10.1. The smallest absolute Gasteiger partial charge is 0.270 e. The van der Waals surface area contributed by atoms with Crippen molar-refractivity contribution >= 4 is 11.8 Å². The molecule has 172 valence electrons. The first-order valence-electron chi connectivity index (χ1n) is 11.4. The van der Waals surface area contributed by atoms with Crippen LogP contribution in [0, 0.1) is 5.92 Å². The van der Waals surface area contributed by atoms with E-state index in [-0.39, 0.29) is 11.8 Å². The Morgan fingerprint density at radius 3 is 2.58 bits per heavy atom. The highest BCUT2D eigenvalue weighted by atomic mass is 16.5. The van der Waals surface area contributed by atoms with Gasteiger partial charge >= 0.3 is 0 Å². The zero-order valence-electron chi connectivity index (χ0n) is 19.2. The van der Waals surface area contributed by atoms with Gasteiger partial charge in [0, 0.05) is 31.5 Å². The summed E-state index contributed by atoms with van der Waals surface area (Å²) in [5, 5.41) is 2.79. The van der Waals surface area contributed by atoms with Crippen LogP contribution in [-0.4, -0.2) is 52.5 Å². The van der Waals surface area contributed by atoms with Crippen molar-refractivity contribution in [3.8, 4) is 17.0 Å². The van der Waals surface area contributed by atoms with Crippen LogP contribution in [0.4, 0.5) is 0 Å². The minimum Gasteiger partial charge on any atom is -0.492 e. The Labute approximate surface area is 194 Å². The second-order valence-electron chi connectivity index (χ2n) is 8.57. The largest absolute Gasteiger partial charge is 0.492 e. The van der Waals surface area contributed by atoms with E-state index in [0.29, 0.717) is 24.8 Å². The van der Waals surface area contributed by atoms with Gasteiger partial charge in [-0.1, -0.05) is 19.9 Å². The van der Waals surface area contributed by atoms with Gasteiger partial charge in [0.2, 0.25) is 0 Å². The average Bonchev–Trinajstić information content (AvgIpc) is 3.27. The SMILES string of the molecule is CC(C)CCN1CCn2c(ccc2-c2ccc(OCCNC(=O)c3ccccn3)cc2)C1=O. The average molecular weight is 447 g/mol. The molecule has 1 aromatic carbocycles. The van der Waals surface area contributed by atoms with Gasteiger partial charge in [-0.3, -0.25) is 14.6 Å². The summed E-state index contributed by atoms with van der Waals surface area (Å²) in [6, 6.07) is 17.0. The maximum Gasteiger partial charge on any atom is 0.270 e. The number of benzene rings is 1. The fraction of sp³-hybridized carbons (Fsp3) is 0.346. The molecule has 4 rings (SSSR count). The molecule has 0 saturated heterocycles. The highest BCUT2D eigenvalue weighted by molar-refractivity contribution is 5.94. The number of ether oxygens (including phenoxy) is 1. The zero-order chi connectivity index (χ0) is 23.2. The lowest BCUT2D eigenvalue weighted by molar-refractivity contribution is 0.0697. The first kappa shape index (κ1) is 22.6. The fourth-order valence-corrected chi connectivity index (χ4v) is 3.90. The predicted octanol–water partition coefficient (Wildman–Crippen LogP) is 3.86. The third-order valence-corrected chi connectivity index (χ3v) is 5.76. The standard InChI is InChI=1S/C26H30N4O3/c1-19(2)12-15-29-16-17-30-23(10-11-24(30)26(29)32)20-6-8-21(9-7-20)33-18-14-28-25(31)22-5-3-4-13-27-22/h3-11,13,19H,12,14-18H2,1-2H3,(H,28,31). The van der Waals surface area contributed by atoms with Gasteiger partial charge in [0.05, 0.1) is 6.54 Å². The van der Waals surface area contributed by atoms with Gasteiger partial charge in [-0.25, -0.2) is 0 Å². The Kier molecular flexibility index (Phi) is 7.07. The van der Waals surface area contributed by atoms with E-state index in [1.54, 1.807) is 24.4 Å². The van der Waals surface area contributed by atoms with Crippen LogP contribution < -0.4 is 10.1 Å². The van der Waals surface area contributed by atoms with E-state index in [0.717, 1.165) is 48.8 Å². The summed E-state index contributed by atoms with van der Waals surface area (Å²) in [5.74, 6) is 1.21. The van der Waals surface area contributed by atoms with Crippen molar-refractivity contribution in [1.82, 2.24) is 19.8 Å². The van der Waals surface area contributed by atoms with Gasteiger partial charge < -0.3 is 19.5 Å². The van der Waals surface area contributed by atoms with Crippen LogP contribution in [0.5, 0.6) is 5.75 Å². The molecular weight excluding hydrogens is 416 g/mol. The molecule has 33 heavy (non-hydrogen) atoms. The lowest BCUT2D eigenvalue weighted by Gasteiger charge is -2.30. The van der Waals surface area contributed by atoms with Crippen molar-refractivity contribution < 1.29 is 14.3 Å². The summed E-state index contributed by atoms with van der Waals surface area (Å²) < 4.78 is 7.86. The second-order valence-corrected chi connectivity index (χ2v) is 8.57.